The van der Waals surface area contributed by atoms with E-state index in [9.17, 15) is 23.4 Å². The van der Waals surface area contributed by atoms with Crippen LogP contribution in [0.25, 0.3) is 22.3 Å². The number of halogens is 3. The number of hydrogen-bond acceptors (Lipinski definition) is 2. The van der Waals surface area contributed by atoms with Crippen molar-refractivity contribution in [3.63, 3.8) is 0 Å². The minimum Gasteiger partial charge on any atom is -0.396 e. The molecule has 0 amide bonds. The third kappa shape index (κ3) is 6.24. The summed E-state index contributed by atoms with van der Waals surface area (Å²) in [6.07, 6.45) is -2.12. The van der Waals surface area contributed by atoms with Crippen LogP contribution in [0.4, 0.5) is 13.2 Å². The zero-order valence-corrected chi connectivity index (χ0v) is 19.1. The van der Waals surface area contributed by atoms with E-state index in [-0.39, 0.29) is 24.7 Å². The van der Waals surface area contributed by atoms with Crippen LogP contribution in [0.2, 0.25) is 0 Å². The number of aryl methyl sites for hydroxylation is 3. The van der Waals surface area contributed by atoms with Gasteiger partial charge in [0.1, 0.15) is 0 Å². The highest BCUT2D eigenvalue weighted by Gasteiger charge is 2.34. The second-order valence-corrected chi connectivity index (χ2v) is 8.59. The van der Waals surface area contributed by atoms with E-state index < -0.39 is 11.7 Å². The van der Waals surface area contributed by atoms with Gasteiger partial charge in [-0.15, -0.1) is 0 Å². The lowest BCUT2D eigenvalue weighted by Gasteiger charge is -2.17. The molecule has 33 heavy (non-hydrogen) atoms. The smallest absolute Gasteiger partial charge is 0.396 e. The average molecular weight is 457 g/mol. The molecule has 0 atom stereocenters. The molecule has 0 aliphatic rings. The van der Waals surface area contributed by atoms with Gasteiger partial charge in [0.25, 0.3) is 0 Å². The van der Waals surface area contributed by atoms with Gasteiger partial charge in [0.05, 0.1) is 5.56 Å². The van der Waals surface area contributed by atoms with E-state index in [1.165, 1.54) is 6.07 Å². The van der Waals surface area contributed by atoms with Gasteiger partial charge in [-0.05, 0) is 72.1 Å². The molecule has 0 bridgehead atoms. The first kappa shape index (κ1) is 25.0. The molecule has 176 valence electrons. The second-order valence-electron chi connectivity index (χ2n) is 8.59. The predicted molar refractivity (Wildman–Crippen MR) is 127 cm³/mol. The van der Waals surface area contributed by atoms with Gasteiger partial charge in [-0.25, -0.2) is 0 Å². The maximum atomic E-state index is 14.0. The van der Waals surface area contributed by atoms with E-state index in [0.29, 0.717) is 36.8 Å². The van der Waals surface area contributed by atoms with Crippen molar-refractivity contribution >= 4 is 0 Å². The molecule has 2 N–H and O–H groups in total. The van der Waals surface area contributed by atoms with Crippen molar-refractivity contribution in [3.05, 3.63) is 82.9 Å². The van der Waals surface area contributed by atoms with Gasteiger partial charge in [-0.2, -0.15) is 13.2 Å². The lowest BCUT2D eigenvalue weighted by atomic mass is 9.90. The van der Waals surface area contributed by atoms with Gasteiger partial charge in [-0.1, -0.05) is 67.1 Å². The number of aliphatic hydroxyl groups is 2. The zero-order chi connectivity index (χ0) is 24.0. The molecule has 0 aliphatic heterocycles. The Kier molecular flexibility index (Phi) is 8.33. The number of hydrogen-bond donors (Lipinski definition) is 2. The molecule has 0 saturated heterocycles. The maximum absolute atomic E-state index is 14.0. The van der Waals surface area contributed by atoms with E-state index in [0.717, 1.165) is 22.3 Å². The summed E-state index contributed by atoms with van der Waals surface area (Å²) in [5, 5.41) is 18.3. The highest BCUT2D eigenvalue weighted by molar-refractivity contribution is 5.76. The van der Waals surface area contributed by atoms with Gasteiger partial charge >= 0.3 is 6.18 Å². The first-order valence-corrected chi connectivity index (χ1v) is 11.4. The molecule has 2 nitrogen and oxygen atoms in total. The Morgan fingerprint density at radius 2 is 1.45 bits per heavy atom. The lowest BCUT2D eigenvalue weighted by Crippen LogP contribution is -2.11. The van der Waals surface area contributed by atoms with Gasteiger partial charge in [-0.3, -0.25) is 0 Å². The number of alkyl halides is 3. The molecular formula is C28H31F3O2. The standard InChI is InChI=1S/C28H31F3O2/c1-3-22-16-24(12-14-25(22)23-10-7-19(2)8-11-23)26-13-9-20(15-27(26)28(29,30)31)5-4-6-21(17-32)18-33/h7-16,21,32-33H,3-6,17-18H2,1-2H3. The van der Waals surface area contributed by atoms with Gasteiger partial charge < -0.3 is 10.2 Å². The largest absolute Gasteiger partial charge is 0.417 e. The summed E-state index contributed by atoms with van der Waals surface area (Å²) in [6, 6.07) is 18.2. The fourth-order valence-electron chi connectivity index (χ4n) is 4.14. The van der Waals surface area contributed by atoms with Crippen LogP contribution in [-0.2, 0) is 19.0 Å². The minimum absolute atomic E-state index is 0.123. The Hall–Kier alpha value is -2.63. The highest BCUT2D eigenvalue weighted by Crippen LogP contribution is 2.39. The lowest BCUT2D eigenvalue weighted by molar-refractivity contribution is -0.137. The van der Waals surface area contributed by atoms with Crippen LogP contribution in [0.3, 0.4) is 0 Å². The molecule has 0 fully saturated rings. The summed E-state index contributed by atoms with van der Waals surface area (Å²) in [7, 11) is 0. The Bertz CT molecular complexity index is 1050. The van der Waals surface area contributed by atoms with Crippen molar-refractivity contribution in [1.82, 2.24) is 0 Å². The molecule has 0 heterocycles. The first-order chi connectivity index (χ1) is 15.8. The van der Waals surface area contributed by atoms with Crippen molar-refractivity contribution in [2.24, 2.45) is 5.92 Å². The molecule has 0 aromatic heterocycles. The van der Waals surface area contributed by atoms with Crippen LogP contribution in [0.1, 0.15) is 42.0 Å². The third-order valence-corrected chi connectivity index (χ3v) is 6.14. The molecule has 3 aromatic rings. The summed E-state index contributed by atoms with van der Waals surface area (Å²) in [5.41, 5.74) is 4.97. The van der Waals surface area contributed by atoms with E-state index >= 15 is 0 Å². The molecule has 0 unspecified atom stereocenters. The fraction of sp³-hybridized carbons (Fsp3) is 0.357. The van der Waals surface area contributed by atoms with Crippen LogP contribution in [0.5, 0.6) is 0 Å². The number of rotatable bonds is 9. The summed E-state index contributed by atoms with van der Waals surface area (Å²) < 4.78 is 41.9. The Morgan fingerprint density at radius 1 is 0.818 bits per heavy atom. The zero-order valence-electron chi connectivity index (χ0n) is 19.1. The van der Waals surface area contributed by atoms with E-state index in [1.807, 2.05) is 50.2 Å². The topological polar surface area (TPSA) is 40.5 Å². The fourth-order valence-corrected chi connectivity index (χ4v) is 4.14. The van der Waals surface area contributed by atoms with Gasteiger partial charge in [0.2, 0.25) is 0 Å². The van der Waals surface area contributed by atoms with Crippen molar-refractivity contribution in [2.45, 2.75) is 45.7 Å². The molecule has 3 aromatic carbocycles. The van der Waals surface area contributed by atoms with Crippen LogP contribution < -0.4 is 0 Å². The van der Waals surface area contributed by atoms with Crippen molar-refractivity contribution < 1.29 is 23.4 Å². The number of benzene rings is 3. The normalized spacial score (nSPS) is 11.9. The van der Waals surface area contributed by atoms with Crippen LogP contribution in [-0.4, -0.2) is 23.4 Å². The molecule has 0 spiro atoms. The third-order valence-electron chi connectivity index (χ3n) is 6.14. The summed E-state index contributed by atoms with van der Waals surface area (Å²) in [6.45, 7) is 3.79. The Labute approximate surface area is 193 Å². The first-order valence-electron chi connectivity index (χ1n) is 11.4. The van der Waals surface area contributed by atoms with Gasteiger partial charge in [0, 0.05) is 19.1 Å². The van der Waals surface area contributed by atoms with Crippen molar-refractivity contribution in [3.8, 4) is 22.3 Å². The van der Waals surface area contributed by atoms with Gasteiger partial charge in [0.15, 0.2) is 0 Å². The second kappa shape index (κ2) is 11.0. The van der Waals surface area contributed by atoms with Crippen LogP contribution >= 0.6 is 0 Å². The van der Waals surface area contributed by atoms with E-state index in [4.69, 9.17) is 0 Å². The van der Waals surface area contributed by atoms with Crippen molar-refractivity contribution in [1.29, 1.82) is 0 Å². The quantitative estimate of drug-likeness (QED) is 0.370. The SMILES string of the molecule is CCc1cc(-c2ccc(CCCC(CO)CO)cc2C(F)(F)F)ccc1-c1ccc(C)cc1. The Balaban J connectivity index is 1.93. The molecule has 0 radical (unpaired) electrons. The van der Waals surface area contributed by atoms with E-state index in [1.54, 1.807) is 18.2 Å². The molecular weight excluding hydrogens is 425 g/mol. The summed E-state index contributed by atoms with van der Waals surface area (Å²) in [4.78, 5) is 0. The molecule has 5 heteroatoms. The van der Waals surface area contributed by atoms with Crippen molar-refractivity contribution in [2.75, 3.05) is 13.2 Å². The van der Waals surface area contributed by atoms with Crippen LogP contribution in [0.15, 0.2) is 60.7 Å². The summed E-state index contributed by atoms with van der Waals surface area (Å²) >= 11 is 0. The molecule has 0 saturated carbocycles. The van der Waals surface area contributed by atoms with E-state index in [2.05, 4.69) is 0 Å². The Morgan fingerprint density at radius 3 is 2.06 bits per heavy atom. The molecule has 0 aliphatic carbocycles. The average Bonchev–Trinajstić information content (AvgIpc) is 2.81. The minimum atomic E-state index is -4.47. The predicted octanol–water partition coefficient (Wildman–Crippen LogP) is 6.83. The summed E-state index contributed by atoms with van der Waals surface area (Å²) in [5.74, 6) is -0.231. The monoisotopic (exact) mass is 456 g/mol. The van der Waals surface area contributed by atoms with Crippen LogP contribution in [0, 0.1) is 12.8 Å². The molecule has 3 rings (SSSR count). The number of aliphatic hydroxyl groups excluding tert-OH is 2. The maximum Gasteiger partial charge on any atom is 0.417 e. The highest BCUT2D eigenvalue weighted by atomic mass is 19.4.